The van der Waals surface area contributed by atoms with Crippen LogP contribution < -0.4 is 10.2 Å². The van der Waals surface area contributed by atoms with Crippen molar-refractivity contribution in [2.75, 3.05) is 36.5 Å². The molecule has 122 valence electrons. The van der Waals surface area contributed by atoms with E-state index in [1.807, 2.05) is 12.1 Å². The number of ether oxygens (including phenoxy) is 1. The summed E-state index contributed by atoms with van der Waals surface area (Å²) < 4.78 is 5.29. The zero-order valence-electron chi connectivity index (χ0n) is 13.7. The van der Waals surface area contributed by atoms with Gasteiger partial charge in [0.15, 0.2) is 0 Å². The number of nitrogens with zero attached hydrogens (tertiary/aromatic N) is 2. The highest BCUT2D eigenvalue weighted by molar-refractivity contribution is 5.92. The molecule has 2 rings (SSSR count). The zero-order valence-corrected chi connectivity index (χ0v) is 13.7. The van der Waals surface area contributed by atoms with Gasteiger partial charge in [-0.25, -0.2) is 4.98 Å². The number of carbonyl (C=O) groups excluding carboxylic acids is 1. The molecule has 1 aliphatic heterocycles. The minimum absolute atomic E-state index is 0.0603. The monoisotopic (exact) mass is 305 g/mol. The van der Waals surface area contributed by atoms with E-state index in [0.717, 1.165) is 50.3 Å². The maximum atomic E-state index is 12.2. The SMILES string of the molecule is CCCN(CCC)c1ccc(NC(=O)C2CCOCC2)cn1. The summed E-state index contributed by atoms with van der Waals surface area (Å²) in [5, 5.41) is 2.97. The van der Waals surface area contributed by atoms with Crippen LogP contribution in [-0.4, -0.2) is 37.2 Å². The van der Waals surface area contributed by atoms with Gasteiger partial charge in [-0.05, 0) is 37.8 Å². The Bertz CT molecular complexity index is 449. The molecule has 0 atom stereocenters. The Hall–Kier alpha value is -1.62. The van der Waals surface area contributed by atoms with Crippen molar-refractivity contribution in [1.29, 1.82) is 0 Å². The first-order valence-corrected chi connectivity index (χ1v) is 8.34. The lowest BCUT2D eigenvalue weighted by atomic mass is 9.99. The van der Waals surface area contributed by atoms with Crippen LogP contribution in [0.3, 0.4) is 0 Å². The molecule has 1 amide bonds. The summed E-state index contributed by atoms with van der Waals surface area (Å²) >= 11 is 0. The van der Waals surface area contributed by atoms with Crippen molar-refractivity contribution in [1.82, 2.24) is 4.98 Å². The Kier molecular flexibility index (Phi) is 6.65. The topological polar surface area (TPSA) is 54.5 Å². The number of anilines is 2. The van der Waals surface area contributed by atoms with E-state index in [1.165, 1.54) is 0 Å². The van der Waals surface area contributed by atoms with Crippen LogP contribution in [0.1, 0.15) is 39.5 Å². The summed E-state index contributed by atoms with van der Waals surface area (Å²) in [6, 6.07) is 3.93. The number of hydrogen-bond donors (Lipinski definition) is 1. The summed E-state index contributed by atoms with van der Waals surface area (Å²) in [5.74, 6) is 1.12. The molecule has 1 aromatic rings. The summed E-state index contributed by atoms with van der Waals surface area (Å²) in [7, 11) is 0. The first-order valence-electron chi connectivity index (χ1n) is 8.34. The van der Waals surface area contributed by atoms with Crippen molar-refractivity contribution in [2.45, 2.75) is 39.5 Å². The molecule has 0 aromatic carbocycles. The lowest BCUT2D eigenvalue weighted by molar-refractivity contribution is -0.122. The smallest absolute Gasteiger partial charge is 0.227 e. The Morgan fingerprint density at radius 2 is 1.95 bits per heavy atom. The molecule has 1 saturated heterocycles. The van der Waals surface area contributed by atoms with Crippen molar-refractivity contribution in [2.24, 2.45) is 5.92 Å². The van der Waals surface area contributed by atoms with Crippen LogP contribution in [0.25, 0.3) is 0 Å². The highest BCUT2D eigenvalue weighted by Gasteiger charge is 2.21. The van der Waals surface area contributed by atoms with Gasteiger partial charge in [0.1, 0.15) is 5.82 Å². The number of hydrogen-bond acceptors (Lipinski definition) is 4. The van der Waals surface area contributed by atoms with Crippen LogP contribution in [0.2, 0.25) is 0 Å². The number of carbonyl (C=O) groups is 1. The summed E-state index contributed by atoms with van der Waals surface area (Å²) in [6.07, 6.45) is 5.56. The van der Waals surface area contributed by atoms with Crippen molar-refractivity contribution >= 4 is 17.4 Å². The first-order chi connectivity index (χ1) is 10.7. The second kappa shape index (κ2) is 8.73. The molecule has 22 heavy (non-hydrogen) atoms. The van der Waals surface area contributed by atoms with E-state index in [2.05, 4.69) is 29.0 Å². The number of nitrogens with one attached hydrogen (secondary N) is 1. The number of amides is 1. The highest BCUT2D eigenvalue weighted by Crippen LogP contribution is 2.19. The maximum Gasteiger partial charge on any atom is 0.227 e. The summed E-state index contributed by atoms with van der Waals surface area (Å²) in [4.78, 5) is 19.0. The summed E-state index contributed by atoms with van der Waals surface area (Å²) in [6.45, 7) is 7.72. The fourth-order valence-corrected chi connectivity index (χ4v) is 2.73. The first kappa shape index (κ1) is 16.7. The maximum absolute atomic E-state index is 12.2. The molecule has 0 bridgehead atoms. The molecule has 5 nitrogen and oxygen atoms in total. The third kappa shape index (κ3) is 4.70. The number of rotatable bonds is 7. The van der Waals surface area contributed by atoms with Crippen LogP contribution in [-0.2, 0) is 9.53 Å². The molecule has 1 aromatic heterocycles. The number of pyridine rings is 1. The average molecular weight is 305 g/mol. The second-order valence-corrected chi connectivity index (χ2v) is 5.77. The molecule has 0 spiro atoms. The van der Waals surface area contributed by atoms with Crippen molar-refractivity contribution < 1.29 is 9.53 Å². The van der Waals surface area contributed by atoms with Crippen LogP contribution in [0.4, 0.5) is 11.5 Å². The van der Waals surface area contributed by atoms with Crippen molar-refractivity contribution in [3.05, 3.63) is 18.3 Å². The molecule has 5 heteroatoms. The van der Waals surface area contributed by atoms with E-state index in [4.69, 9.17) is 4.74 Å². The van der Waals surface area contributed by atoms with Crippen LogP contribution >= 0.6 is 0 Å². The van der Waals surface area contributed by atoms with E-state index >= 15 is 0 Å². The fourth-order valence-electron chi connectivity index (χ4n) is 2.73. The Labute approximate surface area is 133 Å². The van der Waals surface area contributed by atoms with Crippen LogP contribution in [0, 0.1) is 5.92 Å². The van der Waals surface area contributed by atoms with Gasteiger partial charge in [0.25, 0.3) is 0 Å². The third-order valence-electron chi connectivity index (χ3n) is 3.92. The van der Waals surface area contributed by atoms with Gasteiger partial charge in [0.05, 0.1) is 11.9 Å². The predicted molar refractivity (Wildman–Crippen MR) is 89.2 cm³/mol. The molecular formula is C17H27N3O2. The normalized spacial score (nSPS) is 15.5. The molecule has 2 heterocycles. The molecule has 0 radical (unpaired) electrons. The second-order valence-electron chi connectivity index (χ2n) is 5.77. The van der Waals surface area contributed by atoms with E-state index in [0.29, 0.717) is 13.2 Å². The highest BCUT2D eigenvalue weighted by atomic mass is 16.5. The van der Waals surface area contributed by atoms with Gasteiger partial charge in [-0.15, -0.1) is 0 Å². The van der Waals surface area contributed by atoms with E-state index < -0.39 is 0 Å². The van der Waals surface area contributed by atoms with Gasteiger partial charge >= 0.3 is 0 Å². The molecule has 1 aliphatic rings. The number of aromatic nitrogens is 1. The largest absolute Gasteiger partial charge is 0.381 e. The third-order valence-corrected chi connectivity index (χ3v) is 3.92. The van der Waals surface area contributed by atoms with Crippen molar-refractivity contribution in [3.63, 3.8) is 0 Å². The van der Waals surface area contributed by atoms with Gasteiger partial charge in [-0.1, -0.05) is 13.8 Å². The van der Waals surface area contributed by atoms with Crippen molar-refractivity contribution in [3.8, 4) is 0 Å². The average Bonchev–Trinajstić information content (AvgIpc) is 2.56. The molecular weight excluding hydrogens is 278 g/mol. The van der Waals surface area contributed by atoms with E-state index in [1.54, 1.807) is 6.20 Å². The van der Waals surface area contributed by atoms with Gasteiger partial charge in [-0.2, -0.15) is 0 Å². The van der Waals surface area contributed by atoms with Gasteiger partial charge in [-0.3, -0.25) is 4.79 Å². The molecule has 0 saturated carbocycles. The Morgan fingerprint density at radius 1 is 1.27 bits per heavy atom. The molecule has 0 aliphatic carbocycles. The zero-order chi connectivity index (χ0) is 15.8. The van der Waals surface area contributed by atoms with E-state index in [9.17, 15) is 4.79 Å². The lowest BCUT2D eigenvalue weighted by Gasteiger charge is -2.23. The molecule has 1 fully saturated rings. The van der Waals surface area contributed by atoms with Gasteiger partial charge in [0.2, 0.25) is 5.91 Å². The predicted octanol–water partition coefficient (Wildman–Crippen LogP) is 3.07. The standard InChI is InChI=1S/C17H27N3O2/c1-3-9-20(10-4-2)16-6-5-15(13-18-16)19-17(21)14-7-11-22-12-8-14/h5-6,13-14H,3-4,7-12H2,1-2H3,(H,19,21). The minimum atomic E-state index is 0.0603. The van der Waals surface area contributed by atoms with Gasteiger partial charge < -0.3 is 15.0 Å². The lowest BCUT2D eigenvalue weighted by Crippen LogP contribution is -2.28. The fraction of sp³-hybridized carbons (Fsp3) is 0.647. The summed E-state index contributed by atoms with van der Waals surface area (Å²) in [5.41, 5.74) is 0.771. The van der Waals surface area contributed by atoms with Crippen LogP contribution in [0.5, 0.6) is 0 Å². The Morgan fingerprint density at radius 3 is 2.50 bits per heavy atom. The minimum Gasteiger partial charge on any atom is -0.381 e. The molecule has 1 N–H and O–H groups in total. The Balaban J connectivity index is 1.94. The quantitative estimate of drug-likeness (QED) is 0.841. The molecule has 0 unspecified atom stereocenters. The van der Waals surface area contributed by atoms with E-state index in [-0.39, 0.29) is 11.8 Å². The van der Waals surface area contributed by atoms with Gasteiger partial charge in [0, 0.05) is 32.2 Å². The van der Waals surface area contributed by atoms with Crippen LogP contribution in [0.15, 0.2) is 18.3 Å².